The van der Waals surface area contributed by atoms with E-state index in [1.54, 1.807) is 5.32 Å². The van der Waals surface area contributed by atoms with Crippen LogP contribution in [0.4, 0.5) is 13.2 Å². The normalized spacial score (nSPS) is 12.9. The molecular formula is C11H20F3N3O2. The number of likely N-dealkylation sites (N-methyl/N-ethyl adjacent to an activating group) is 1. The van der Waals surface area contributed by atoms with Crippen molar-refractivity contribution in [2.45, 2.75) is 25.9 Å². The summed E-state index contributed by atoms with van der Waals surface area (Å²) in [4.78, 5) is 24.0. The number of nitrogens with zero attached hydrogens (tertiary/aromatic N) is 1. The molecule has 112 valence electrons. The smallest absolute Gasteiger partial charge is 0.345 e. The highest BCUT2D eigenvalue weighted by Gasteiger charge is 2.28. The lowest BCUT2D eigenvalue weighted by Crippen LogP contribution is -2.42. The molecule has 0 spiro atoms. The topological polar surface area (TPSA) is 75.4 Å². The van der Waals surface area contributed by atoms with Gasteiger partial charge in [-0.25, -0.2) is 0 Å². The van der Waals surface area contributed by atoms with Gasteiger partial charge in [0.1, 0.15) is 6.54 Å². The first-order chi connectivity index (χ1) is 8.69. The van der Waals surface area contributed by atoms with Gasteiger partial charge in [-0.15, -0.1) is 0 Å². The molecular weight excluding hydrogens is 263 g/mol. The van der Waals surface area contributed by atoms with Gasteiger partial charge >= 0.3 is 6.18 Å². The SMILES string of the molecule is CCC(CN)CC(=O)N(C)CC(=O)NCC(F)(F)F. The molecule has 0 bridgehead atoms. The van der Waals surface area contributed by atoms with Crippen LogP contribution < -0.4 is 11.1 Å². The zero-order chi connectivity index (χ0) is 15.1. The number of carbonyl (C=O) groups is 2. The van der Waals surface area contributed by atoms with Gasteiger partial charge in [0.25, 0.3) is 0 Å². The molecule has 3 N–H and O–H groups in total. The Kier molecular flexibility index (Phi) is 7.43. The number of hydrogen-bond acceptors (Lipinski definition) is 3. The summed E-state index contributed by atoms with van der Waals surface area (Å²) in [7, 11) is 1.37. The van der Waals surface area contributed by atoms with E-state index in [9.17, 15) is 22.8 Å². The van der Waals surface area contributed by atoms with E-state index < -0.39 is 25.2 Å². The van der Waals surface area contributed by atoms with E-state index in [1.165, 1.54) is 7.05 Å². The predicted octanol–water partition coefficient (Wildman–Crippen LogP) is 0.498. The minimum absolute atomic E-state index is 0.0215. The van der Waals surface area contributed by atoms with Crippen molar-refractivity contribution in [1.29, 1.82) is 0 Å². The molecule has 0 aromatic heterocycles. The van der Waals surface area contributed by atoms with Gasteiger partial charge in [0, 0.05) is 13.5 Å². The van der Waals surface area contributed by atoms with Crippen LogP contribution in [0.1, 0.15) is 19.8 Å². The first-order valence-electron chi connectivity index (χ1n) is 5.97. The predicted molar refractivity (Wildman–Crippen MR) is 64.2 cm³/mol. The zero-order valence-corrected chi connectivity index (χ0v) is 11.1. The highest BCUT2D eigenvalue weighted by Crippen LogP contribution is 2.12. The molecule has 0 radical (unpaired) electrons. The lowest BCUT2D eigenvalue weighted by Gasteiger charge is -2.20. The zero-order valence-electron chi connectivity index (χ0n) is 11.1. The largest absolute Gasteiger partial charge is 0.405 e. The molecule has 0 heterocycles. The van der Waals surface area contributed by atoms with E-state index >= 15 is 0 Å². The summed E-state index contributed by atoms with van der Waals surface area (Å²) in [6, 6.07) is 0. The minimum Gasteiger partial charge on any atom is -0.345 e. The first-order valence-corrected chi connectivity index (χ1v) is 5.97. The lowest BCUT2D eigenvalue weighted by atomic mass is 10.0. The number of alkyl halides is 3. The summed E-state index contributed by atoms with van der Waals surface area (Å²) in [5.41, 5.74) is 5.45. The van der Waals surface area contributed by atoms with Crippen LogP contribution in [0.5, 0.6) is 0 Å². The Hall–Kier alpha value is -1.31. The molecule has 0 fully saturated rings. The third kappa shape index (κ3) is 8.41. The molecule has 2 amide bonds. The molecule has 1 unspecified atom stereocenters. The van der Waals surface area contributed by atoms with Gasteiger partial charge < -0.3 is 16.0 Å². The van der Waals surface area contributed by atoms with E-state index in [0.717, 1.165) is 11.3 Å². The van der Waals surface area contributed by atoms with Gasteiger partial charge in [0.15, 0.2) is 0 Å². The monoisotopic (exact) mass is 283 g/mol. The quantitative estimate of drug-likeness (QED) is 0.714. The molecule has 0 saturated heterocycles. The van der Waals surface area contributed by atoms with Gasteiger partial charge in [-0.3, -0.25) is 9.59 Å². The Morgan fingerprint density at radius 2 is 1.95 bits per heavy atom. The van der Waals surface area contributed by atoms with Crippen LogP contribution in [0.15, 0.2) is 0 Å². The van der Waals surface area contributed by atoms with Crippen molar-refractivity contribution in [2.24, 2.45) is 11.7 Å². The Morgan fingerprint density at radius 3 is 2.37 bits per heavy atom. The van der Waals surface area contributed by atoms with Crippen molar-refractivity contribution in [1.82, 2.24) is 10.2 Å². The van der Waals surface area contributed by atoms with Crippen LogP contribution in [0.25, 0.3) is 0 Å². The van der Waals surface area contributed by atoms with Crippen molar-refractivity contribution in [3.8, 4) is 0 Å². The van der Waals surface area contributed by atoms with E-state index in [0.29, 0.717) is 6.54 Å². The number of halogens is 3. The molecule has 8 heteroatoms. The summed E-state index contributed by atoms with van der Waals surface area (Å²) in [6.45, 7) is 0.460. The van der Waals surface area contributed by atoms with Crippen LogP contribution >= 0.6 is 0 Å². The fourth-order valence-corrected chi connectivity index (χ4v) is 1.36. The van der Waals surface area contributed by atoms with E-state index in [-0.39, 0.29) is 18.2 Å². The maximum atomic E-state index is 11.9. The number of nitrogens with two attached hydrogens (primary N) is 1. The lowest BCUT2D eigenvalue weighted by molar-refractivity contribution is -0.141. The first kappa shape index (κ1) is 17.7. The Bertz CT molecular complexity index is 304. The van der Waals surface area contributed by atoms with Crippen molar-refractivity contribution in [3.05, 3.63) is 0 Å². The summed E-state index contributed by atoms with van der Waals surface area (Å²) in [5, 5.41) is 1.71. The summed E-state index contributed by atoms with van der Waals surface area (Å²) < 4.78 is 35.6. The fraction of sp³-hybridized carbons (Fsp3) is 0.818. The minimum atomic E-state index is -4.45. The molecule has 0 rings (SSSR count). The van der Waals surface area contributed by atoms with Crippen molar-refractivity contribution in [2.75, 3.05) is 26.7 Å². The Morgan fingerprint density at radius 1 is 1.37 bits per heavy atom. The van der Waals surface area contributed by atoms with Crippen LogP contribution in [-0.4, -0.2) is 49.6 Å². The second-order valence-electron chi connectivity index (χ2n) is 4.36. The van der Waals surface area contributed by atoms with Gasteiger partial charge in [0.05, 0.1) is 6.54 Å². The summed E-state index contributed by atoms with van der Waals surface area (Å²) >= 11 is 0. The Labute approximate surface area is 110 Å². The molecule has 0 aromatic rings. The van der Waals surface area contributed by atoms with Gasteiger partial charge in [0.2, 0.25) is 11.8 Å². The number of carbonyl (C=O) groups excluding carboxylic acids is 2. The summed E-state index contributed by atoms with van der Waals surface area (Å²) in [6.07, 6.45) is -3.53. The number of amides is 2. The second-order valence-corrected chi connectivity index (χ2v) is 4.36. The van der Waals surface area contributed by atoms with E-state index in [1.807, 2.05) is 6.92 Å². The molecule has 19 heavy (non-hydrogen) atoms. The van der Waals surface area contributed by atoms with Crippen LogP contribution in [0.2, 0.25) is 0 Å². The standard InChI is InChI=1S/C11H20F3N3O2/c1-3-8(5-15)4-10(19)17(2)6-9(18)16-7-11(12,13)14/h8H,3-7,15H2,1-2H3,(H,16,18). The van der Waals surface area contributed by atoms with Gasteiger partial charge in [-0.05, 0) is 12.5 Å². The molecule has 0 aliphatic heterocycles. The summed E-state index contributed by atoms with van der Waals surface area (Å²) in [5.74, 6) is -1.12. The van der Waals surface area contributed by atoms with Crippen molar-refractivity contribution in [3.63, 3.8) is 0 Å². The number of nitrogens with one attached hydrogen (secondary N) is 1. The van der Waals surface area contributed by atoms with E-state index in [2.05, 4.69) is 0 Å². The van der Waals surface area contributed by atoms with Crippen LogP contribution in [0.3, 0.4) is 0 Å². The van der Waals surface area contributed by atoms with Crippen LogP contribution in [0, 0.1) is 5.92 Å². The van der Waals surface area contributed by atoms with Crippen LogP contribution in [-0.2, 0) is 9.59 Å². The molecule has 1 atom stereocenters. The van der Waals surface area contributed by atoms with Gasteiger partial charge in [-0.1, -0.05) is 13.3 Å². The third-order valence-electron chi connectivity index (χ3n) is 2.67. The molecule has 5 nitrogen and oxygen atoms in total. The van der Waals surface area contributed by atoms with Crippen molar-refractivity contribution < 1.29 is 22.8 Å². The average Bonchev–Trinajstić information content (AvgIpc) is 2.32. The fourth-order valence-electron chi connectivity index (χ4n) is 1.36. The van der Waals surface area contributed by atoms with Crippen molar-refractivity contribution >= 4 is 11.8 Å². The highest BCUT2D eigenvalue weighted by atomic mass is 19.4. The maximum absolute atomic E-state index is 11.9. The van der Waals surface area contributed by atoms with Gasteiger partial charge in [-0.2, -0.15) is 13.2 Å². The Balaban J connectivity index is 4.11. The molecule has 0 aliphatic carbocycles. The number of rotatable bonds is 7. The third-order valence-corrected chi connectivity index (χ3v) is 2.67. The molecule has 0 aliphatic rings. The maximum Gasteiger partial charge on any atom is 0.405 e. The van der Waals surface area contributed by atoms with E-state index in [4.69, 9.17) is 5.73 Å². The highest BCUT2D eigenvalue weighted by molar-refractivity contribution is 5.84. The second kappa shape index (κ2) is 7.98. The molecule has 0 aromatic carbocycles. The molecule has 0 saturated carbocycles. The number of hydrogen-bond donors (Lipinski definition) is 2. The average molecular weight is 283 g/mol.